The van der Waals surface area contributed by atoms with Gasteiger partial charge in [-0.05, 0) is 25.6 Å². The average molecular weight is 281 g/mol. The van der Waals surface area contributed by atoms with E-state index in [0.29, 0.717) is 35.1 Å². The summed E-state index contributed by atoms with van der Waals surface area (Å²) in [5.74, 6) is 6.47. The Bertz CT molecular complexity index is 546. The molecule has 19 heavy (non-hydrogen) atoms. The number of anilines is 1. The minimum absolute atomic E-state index is 0.337. The van der Waals surface area contributed by atoms with Crippen LogP contribution >= 0.6 is 11.8 Å². The lowest BCUT2D eigenvalue weighted by Crippen LogP contribution is -2.11. The topological polar surface area (TPSA) is 99.1 Å². The zero-order chi connectivity index (χ0) is 13.7. The van der Waals surface area contributed by atoms with E-state index in [1.54, 1.807) is 12.3 Å². The van der Waals surface area contributed by atoms with Gasteiger partial charge in [-0.25, -0.2) is 20.8 Å². The lowest BCUT2D eigenvalue weighted by atomic mass is 10.5. The molecule has 7 nitrogen and oxygen atoms in total. The van der Waals surface area contributed by atoms with Crippen molar-refractivity contribution in [3.05, 3.63) is 23.8 Å². The van der Waals surface area contributed by atoms with Gasteiger partial charge in [0.2, 0.25) is 0 Å². The predicted molar refractivity (Wildman–Crippen MR) is 70.5 cm³/mol. The standard InChI is InChI=1S/C11H15N5O2S/c1-3-17-6-9-14-8(16-12)4-10(15-9)19-11-13-7(2)5-18-11/h4-5H,3,6,12H2,1-2H3,(H,14,15,16). The second kappa shape index (κ2) is 6.50. The number of nitrogens with two attached hydrogens (primary N) is 1. The van der Waals surface area contributed by atoms with E-state index >= 15 is 0 Å². The van der Waals surface area contributed by atoms with E-state index < -0.39 is 0 Å². The Morgan fingerprint density at radius 1 is 1.42 bits per heavy atom. The molecule has 0 amide bonds. The van der Waals surface area contributed by atoms with Crippen molar-refractivity contribution in [2.45, 2.75) is 30.7 Å². The van der Waals surface area contributed by atoms with Gasteiger partial charge in [0.15, 0.2) is 5.82 Å². The molecule has 2 heterocycles. The van der Waals surface area contributed by atoms with Gasteiger partial charge in [-0.15, -0.1) is 0 Å². The molecule has 0 aromatic carbocycles. The Kier molecular flexibility index (Phi) is 4.72. The van der Waals surface area contributed by atoms with Gasteiger partial charge >= 0.3 is 0 Å². The van der Waals surface area contributed by atoms with Gasteiger partial charge in [-0.2, -0.15) is 0 Å². The lowest BCUT2D eigenvalue weighted by Gasteiger charge is -2.06. The molecule has 102 valence electrons. The van der Waals surface area contributed by atoms with Crippen LogP contribution in [0, 0.1) is 6.92 Å². The highest BCUT2D eigenvalue weighted by Crippen LogP contribution is 2.26. The number of hydrogen-bond donors (Lipinski definition) is 2. The molecule has 0 bridgehead atoms. The van der Waals surface area contributed by atoms with E-state index in [1.165, 1.54) is 11.8 Å². The summed E-state index contributed by atoms with van der Waals surface area (Å²) in [6.07, 6.45) is 1.59. The molecular formula is C11H15N5O2S. The SMILES string of the molecule is CCOCc1nc(NN)cc(Sc2nc(C)co2)n1. The Balaban J connectivity index is 2.18. The first-order valence-electron chi connectivity index (χ1n) is 5.73. The van der Waals surface area contributed by atoms with Crippen LogP contribution in [0.25, 0.3) is 0 Å². The Morgan fingerprint density at radius 3 is 2.89 bits per heavy atom. The summed E-state index contributed by atoms with van der Waals surface area (Å²) < 4.78 is 10.6. The maximum atomic E-state index is 5.38. The summed E-state index contributed by atoms with van der Waals surface area (Å²) in [5, 5.41) is 1.22. The molecule has 0 aliphatic heterocycles. The highest BCUT2D eigenvalue weighted by Gasteiger charge is 2.09. The van der Waals surface area contributed by atoms with E-state index in [0.717, 1.165) is 5.69 Å². The third kappa shape index (κ3) is 3.91. The maximum absolute atomic E-state index is 5.38. The largest absolute Gasteiger partial charge is 0.439 e. The van der Waals surface area contributed by atoms with Gasteiger partial charge in [0, 0.05) is 12.7 Å². The highest BCUT2D eigenvalue weighted by molar-refractivity contribution is 7.99. The molecule has 2 rings (SSSR count). The van der Waals surface area contributed by atoms with Gasteiger partial charge in [0.1, 0.15) is 23.7 Å². The zero-order valence-electron chi connectivity index (χ0n) is 10.7. The van der Waals surface area contributed by atoms with Gasteiger partial charge in [-0.1, -0.05) is 0 Å². The van der Waals surface area contributed by atoms with E-state index in [9.17, 15) is 0 Å². The van der Waals surface area contributed by atoms with Gasteiger partial charge in [0.05, 0.1) is 5.69 Å². The molecule has 0 saturated heterocycles. The predicted octanol–water partition coefficient (Wildman–Crippen LogP) is 1.75. The fourth-order valence-electron chi connectivity index (χ4n) is 1.33. The third-order valence-electron chi connectivity index (χ3n) is 2.12. The second-order valence-corrected chi connectivity index (χ2v) is 4.62. The molecule has 0 saturated carbocycles. The van der Waals surface area contributed by atoms with Crippen LogP contribution in [0.2, 0.25) is 0 Å². The van der Waals surface area contributed by atoms with Gasteiger partial charge in [0.25, 0.3) is 5.22 Å². The van der Waals surface area contributed by atoms with Crippen molar-refractivity contribution in [2.75, 3.05) is 12.0 Å². The summed E-state index contributed by atoms with van der Waals surface area (Å²) in [6.45, 7) is 4.71. The highest BCUT2D eigenvalue weighted by atomic mass is 32.2. The van der Waals surface area contributed by atoms with Crippen molar-refractivity contribution in [3.8, 4) is 0 Å². The van der Waals surface area contributed by atoms with E-state index in [4.69, 9.17) is 15.0 Å². The normalized spacial score (nSPS) is 10.7. The molecule has 2 aromatic rings. The Morgan fingerprint density at radius 2 is 2.26 bits per heavy atom. The number of nitrogens with zero attached hydrogens (tertiary/aromatic N) is 3. The van der Waals surface area contributed by atoms with Gasteiger partial charge < -0.3 is 14.6 Å². The minimum atomic E-state index is 0.337. The first-order chi connectivity index (χ1) is 9.21. The molecule has 0 aliphatic carbocycles. The van der Waals surface area contributed by atoms with Crippen LogP contribution in [-0.2, 0) is 11.3 Å². The summed E-state index contributed by atoms with van der Waals surface area (Å²) in [4.78, 5) is 12.8. The number of rotatable bonds is 6. The first kappa shape index (κ1) is 13.8. The Hall–Kier alpha value is -1.64. The molecule has 0 aliphatic rings. The second-order valence-electron chi connectivity index (χ2n) is 3.65. The van der Waals surface area contributed by atoms with Crippen molar-refractivity contribution >= 4 is 17.6 Å². The van der Waals surface area contributed by atoms with Crippen molar-refractivity contribution in [3.63, 3.8) is 0 Å². The molecule has 2 aromatic heterocycles. The lowest BCUT2D eigenvalue weighted by molar-refractivity contribution is 0.128. The molecule has 0 atom stereocenters. The quantitative estimate of drug-likeness (QED) is 0.469. The molecule has 0 fully saturated rings. The average Bonchev–Trinajstić information content (AvgIpc) is 2.81. The fourth-order valence-corrected chi connectivity index (χ4v) is 2.11. The monoisotopic (exact) mass is 281 g/mol. The summed E-state index contributed by atoms with van der Waals surface area (Å²) in [5.41, 5.74) is 3.33. The smallest absolute Gasteiger partial charge is 0.262 e. The molecular weight excluding hydrogens is 266 g/mol. The first-order valence-corrected chi connectivity index (χ1v) is 6.55. The number of ether oxygens (including phenoxy) is 1. The minimum Gasteiger partial charge on any atom is -0.439 e. The van der Waals surface area contributed by atoms with Crippen LogP contribution < -0.4 is 11.3 Å². The number of hydrazine groups is 1. The molecule has 3 N–H and O–H groups in total. The van der Waals surface area contributed by atoms with Crippen LogP contribution in [0.4, 0.5) is 5.82 Å². The molecule has 0 unspecified atom stereocenters. The van der Waals surface area contributed by atoms with E-state index in [1.807, 2.05) is 13.8 Å². The maximum Gasteiger partial charge on any atom is 0.262 e. The number of nitrogens with one attached hydrogen (secondary N) is 1. The van der Waals surface area contributed by atoms with Crippen LogP contribution in [0.1, 0.15) is 18.4 Å². The van der Waals surface area contributed by atoms with Crippen molar-refractivity contribution in [1.29, 1.82) is 0 Å². The third-order valence-corrected chi connectivity index (χ3v) is 2.90. The molecule has 0 spiro atoms. The van der Waals surface area contributed by atoms with Crippen LogP contribution in [-0.4, -0.2) is 21.6 Å². The number of aromatic nitrogens is 3. The Labute approximate surface area is 114 Å². The van der Waals surface area contributed by atoms with Crippen LogP contribution in [0.3, 0.4) is 0 Å². The summed E-state index contributed by atoms with van der Waals surface area (Å²) >= 11 is 1.31. The van der Waals surface area contributed by atoms with Crippen molar-refractivity contribution in [2.24, 2.45) is 5.84 Å². The van der Waals surface area contributed by atoms with Crippen molar-refractivity contribution < 1.29 is 9.15 Å². The van der Waals surface area contributed by atoms with Gasteiger partial charge in [-0.3, -0.25) is 0 Å². The number of aryl methyl sites for hydroxylation is 1. The van der Waals surface area contributed by atoms with Crippen molar-refractivity contribution in [1.82, 2.24) is 15.0 Å². The molecule has 0 radical (unpaired) electrons. The number of nitrogen functional groups attached to an aromatic ring is 1. The van der Waals surface area contributed by atoms with Crippen LogP contribution in [0.15, 0.2) is 27.0 Å². The zero-order valence-corrected chi connectivity index (χ0v) is 11.5. The summed E-state index contributed by atoms with van der Waals surface area (Å²) in [6, 6.07) is 1.72. The van der Waals surface area contributed by atoms with Crippen LogP contribution in [0.5, 0.6) is 0 Å². The summed E-state index contributed by atoms with van der Waals surface area (Å²) in [7, 11) is 0. The number of oxazole rings is 1. The van der Waals surface area contributed by atoms with E-state index in [2.05, 4.69) is 20.4 Å². The fraction of sp³-hybridized carbons (Fsp3) is 0.364. The number of hydrogen-bond acceptors (Lipinski definition) is 8. The van der Waals surface area contributed by atoms with E-state index in [-0.39, 0.29) is 0 Å². The molecule has 8 heteroatoms.